The molecular formula is C11H19NO4. The second-order valence-electron chi connectivity index (χ2n) is 3.94. The van der Waals surface area contributed by atoms with E-state index in [0.717, 1.165) is 25.7 Å². The summed E-state index contributed by atoms with van der Waals surface area (Å²) in [5, 5.41) is 2.46. The van der Waals surface area contributed by atoms with E-state index in [4.69, 9.17) is 4.74 Å². The number of hydrogen-bond acceptors (Lipinski definition) is 4. The standard InChI is InChI=1S/C11H19NO4/c1-3-4-5-6-7-8-9(10(13)15-2)12-11(14)16-8/h8-9H,3-7H2,1-2H3,(H,12,14). The molecule has 0 aromatic carbocycles. The number of unbranched alkanes of at least 4 members (excludes halogenated alkanes) is 3. The van der Waals surface area contributed by atoms with Crippen molar-refractivity contribution in [2.45, 2.75) is 51.2 Å². The highest BCUT2D eigenvalue weighted by atomic mass is 16.6. The minimum Gasteiger partial charge on any atom is -0.467 e. The van der Waals surface area contributed by atoms with Crippen LogP contribution in [0.3, 0.4) is 0 Å². The predicted molar refractivity (Wildman–Crippen MR) is 58.0 cm³/mol. The molecule has 1 N–H and O–H groups in total. The zero-order chi connectivity index (χ0) is 12.0. The molecule has 1 saturated heterocycles. The SMILES string of the molecule is CCCCCCC1OC(=O)NC1C(=O)OC. The number of amides is 1. The highest BCUT2D eigenvalue weighted by Gasteiger charge is 2.39. The van der Waals surface area contributed by atoms with Crippen molar-refractivity contribution >= 4 is 12.1 Å². The number of cyclic esters (lactones) is 1. The molecule has 0 bridgehead atoms. The first-order valence-electron chi connectivity index (χ1n) is 5.74. The lowest BCUT2D eigenvalue weighted by atomic mass is 10.0. The lowest BCUT2D eigenvalue weighted by Crippen LogP contribution is -2.40. The first-order valence-corrected chi connectivity index (χ1v) is 5.74. The Labute approximate surface area is 95.5 Å². The molecule has 92 valence electrons. The van der Waals surface area contributed by atoms with Crippen molar-refractivity contribution in [1.29, 1.82) is 0 Å². The molecule has 0 saturated carbocycles. The van der Waals surface area contributed by atoms with Crippen LogP contribution >= 0.6 is 0 Å². The topological polar surface area (TPSA) is 64.6 Å². The van der Waals surface area contributed by atoms with Gasteiger partial charge in [0.25, 0.3) is 0 Å². The number of rotatable bonds is 6. The molecule has 1 aliphatic heterocycles. The number of methoxy groups -OCH3 is 1. The zero-order valence-corrected chi connectivity index (χ0v) is 9.82. The summed E-state index contributed by atoms with van der Waals surface area (Å²) in [6.07, 6.45) is 4.17. The van der Waals surface area contributed by atoms with Gasteiger partial charge in [0.1, 0.15) is 6.10 Å². The van der Waals surface area contributed by atoms with Crippen molar-refractivity contribution in [2.75, 3.05) is 7.11 Å². The van der Waals surface area contributed by atoms with Crippen LogP contribution in [0, 0.1) is 0 Å². The van der Waals surface area contributed by atoms with Gasteiger partial charge in [0, 0.05) is 0 Å². The van der Waals surface area contributed by atoms with E-state index in [1.165, 1.54) is 7.11 Å². The highest BCUT2D eigenvalue weighted by Crippen LogP contribution is 2.17. The number of carbonyl (C=O) groups excluding carboxylic acids is 2. The second kappa shape index (κ2) is 6.35. The van der Waals surface area contributed by atoms with Crippen LogP contribution < -0.4 is 5.32 Å². The molecule has 0 spiro atoms. The predicted octanol–water partition coefficient (Wildman–Crippen LogP) is 1.61. The van der Waals surface area contributed by atoms with Gasteiger partial charge < -0.3 is 14.8 Å². The van der Waals surface area contributed by atoms with Crippen molar-refractivity contribution in [3.8, 4) is 0 Å². The normalized spacial score (nSPS) is 23.8. The number of alkyl carbamates (subject to hydrolysis) is 1. The smallest absolute Gasteiger partial charge is 0.408 e. The summed E-state index contributed by atoms with van der Waals surface area (Å²) in [6, 6.07) is -0.640. The van der Waals surface area contributed by atoms with Gasteiger partial charge in [0.2, 0.25) is 0 Å². The average molecular weight is 229 g/mol. The maximum Gasteiger partial charge on any atom is 0.408 e. The third-order valence-corrected chi connectivity index (χ3v) is 2.70. The molecule has 16 heavy (non-hydrogen) atoms. The van der Waals surface area contributed by atoms with Crippen LogP contribution in [0.2, 0.25) is 0 Å². The average Bonchev–Trinajstić information content (AvgIpc) is 2.65. The monoisotopic (exact) mass is 229 g/mol. The fraction of sp³-hybridized carbons (Fsp3) is 0.818. The third-order valence-electron chi connectivity index (χ3n) is 2.70. The fourth-order valence-electron chi connectivity index (χ4n) is 1.80. The van der Waals surface area contributed by atoms with Crippen LogP contribution in [0.1, 0.15) is 39.0 Å². The molecule has 0 aromatic rings. The largest absolute Gasteiger partial charge is 0.467 e. The number of carbonyl (C=O) groups is 2. The maximum atomic E-state index is 11.3. The number of nitrogens with one attached hydrogen (secondary N) is 1. The Balaban J connectivity index is 2.37. The first kappa shape index (κ1) is 12.8. The molecule has 1 amide bonds. The minimum absolute atomic E-state index is 0.378. The number of hydrogen-bond donors (Lipinski definition) is 1. The van der Waals surface area contributed by atoms with Gasteiger partial charge in [-0.1, -0.05) is 26.2 Å². The molecule has 2 atom stereocenters. The van der Waals surface area contributed by atoms with Gasteiger partial charge in [-0.15, -0.1) is 0 Å². The second-order valence-corrected chi connectivity index (χ2v) is 3.94. The molecule has 2 unspecified atom stereocenters. The first-order chi connectivity index (χ1) is 7.69. The Morgan fingerprint density at radius 3 is 2.81 bits per heavy atom. The molecule has 0 aliphatic carbocycles. The van der Waals surface area contributed by atoms with Crippen molar-refractivity contribution in [3.05, 3.63) is 0 Å². The molecular weight excluding hydrogens is 210 g/mol. The van der Waals surface area contributed by atoms with E-state index in [2.05, 4.69) is 17.0 Å². The van der Waals surface area contributed by atoms with Gasteiger partial charge in [-0.3, -0.25) is 0 Å². The Bertz CT molecular complexity index is 254. The van der Waals surface area contributed by atoms with Crippen molar-refractivity contribution in [3.63, 3.8) is 0 Å². The van der Waals surface area contributed by atoms with E-state index in [0.29, 0.717) is 6.42 Å². The molecule has 1 aliphatic rings. The van der Waals surface area contributed by atoms with E-state index in [-0.39, 0.29) is 6.10 Å². The highest BCUT2D eigenvalue weighted by molar-refractivity contribution is 5.84. The lowest BCUT2D eigenvalue weighted by molar-refractivity contribution is -0.144. The summed E-state index contributed by atoms with van der Waals surface area (Å²) in [7, 11) is 1.31. The van der Waals surface area contributed by atoms with Gasteiger partial charge in [-0.05, 0) is 12.8 Å². The summed E-state index contributed by atoms with van der Waals surface area (Å²) in [5.74, 6) is -0.439. The lowest BCUT2D eigenvalue weighted by Gasteiger charge is -2.14. The van der Waals surface area contributed by atoms with Crippen LogP contribution in [-0.2, 0) is 14.3 Å². The molecule has 1 rings (SSSR count). The van der Waals surface area contributed by atoms with Gasteiger partial charge >= 0.3 is 12.1 Å². The fourth-order valence-corrected chi connectivity index (χ4v) is 1.80. The van der Waals surface area contributed by atoms with Crippen LogP contribution in [0.4, 0.5) is 4.79 Å². The Hall–Kier alpha value is -1.26. The third kappa shape index (κ3) is 3.40. The quantitative estimate of drug-likeness (QED) is 0.555. The number of esters is 1. The van der Waals surface area contributed by atoms with E-state index >= 15 is 0 Å². The number of ether oxygens (including phenoxy) is 2. The van der Waals surface area contributed by atoms with Crippen LogP contribution in [0.25, 0.3) is 0 Å². The molecule has 5 heteroatoms. The summed E-state index contributed by atoms with van der Waals surface area (Å²) in [6.45, 7) is 2.13. The molecule has 0 radical (unpaired) electrons. The van der Waals surface area contributed by atoms with Crippen LogP contribution in [0.5, 0.6) is 0 Å². The van der Waals surface area contributed by atoms with Crippen LogP contribution in [-0.4, -0.2) is 31.3 Å². The van der Waals surface area contributed by atoms with Gasteiger partial charge in [-0.2, -0.15) is 0 Å². The van der Waals surface area contributed by atoms with E-state index in [1.807, 2.05) is 0 Å². The summed E-state index contributed by atoms with van der Waals surface area (Å²) in [5.41, 5.74) is 0. The summed E-state index contributed by atoms with van der Waals surface area (Å²) in [4.78, 5) is 22.4. The Kier molecular flexibility index (Phi) is 5.08. The molecule has 0 aromatic heterocycles. The van der Waals surface area contributed by atoms with E-state index in [9.17, 15) is 9.59 Å². The van der Waals surface area contributed by atoms with Crippen molar-refractivity contribution < 1.29 is 19.1 Å². The van der Waals surface area contributed by atoms with E-state index < -0.39 is 18.1 Å². The van der Waals surface area contributed by atoms with Crippen LogP contribution in [0.15, 0.2) is 0 Å². The Morgan fingerprint density at radius 2 is 2.19 bits per heavy atom. The molecule has 5 nitrogen and oxygen atoms in total. The van der Waals surface area contributed by atoms with Gasteiger partial charge in [0.05, 0.1) is 7.11 Å². The van der Waals surface area contributed by atoms with Gasteiger partial charge in [0.15, 0.2) is 6.04 Å². The summed E-state index contributed by atoms with van der Waals surface area (Å²) >= 11 is 0. The summed E-state index contributed by atoms with van der Waals surface area (Å²) < 4.78 is 9.63. The minimum atomic E-state index is -0.640. The molecule has 1 heterocycles. The molecule has 1 fully saturated rings. The zero-order valence-electron chi connectivity index (χ0n) is 9.82. The Morgan fingerprint density at radius 1 is 1.44 bits per heavy atom. The van der Waals surface area contributed by atoms with Crippen molar-refractivity contribution in [1.82, 2.24) is 5.32 Å². The van der Waals surface area contributed by atoms with Crippen molar-refractivity contribution in [2.24, 2.45) is 0 Å². The van der Waals surface area contributed by atoms with Gasteiger partial charge in [-0.25, -0.2) is 9.59 Å². The van der Waals surface area contributed by atoms with E-state index in [1.54, 1.807) is 0 Å². The maximum absolute atomic E-state index is 11.3.